The van der Waals surface area contributed by atoms with Gasteiger partial charge in [0.2, 0.25) is 0 Å². The van der Waals surface area contributed by atoms with Crippen molar-refractivity contribution in [1.29, 1.82) is 0 Å². The number of halogens is 1. The lowest BCUT2D eigenvalue weighted by Gasteiger charge is -2.43. The van der Waals surface area contributed by atoms with Gasteiger partial charge in [-0.2, -0.15) is 0 Å². The van der Waals surface area contributed by atoms with Crippen molar-refractivity contribution < 1.29 is 4.39 Å². The highest BCUT2D eigenvalue weighted by atomic mass is 32.1. The third-order valence-electron chi connectivity index (χ3n) is 4.06. The average Bonchev–Trinajstić information content (AvgIpc) is 2.39. The van der Waals surface area contributed by atoms with E-state index < -0.39 is 0 Å². The van der Waals surface area contributed by atoms with Gasteiger partial charge in [0.25, 0.3) is 0 Å². The van der Waals surface area contributed by atoms with Gasteiger partial charge in [0, 0.05) is 32.7 Å². The van der Waals surface area contributed by atoms with Crippen molar-refractivity contribution in [3.8, 4) is 0 Å². The summed E-state index contributed by atoms with van der Waals surface area (Å²) in [5, 5.41) is 0. The number of hydrogen-bond acceptors (Lipinski definition) is 3. The third-order valence-corrected chi connectivity index (χ3v) is 4.56. The Hall–Kier alpha value is -1.04. The SMILES string of the molecule is CC(C)(C(N)=S)N1CCN(Cc2cccc(F)c2)CC1. The van der Waals surface area contributed by atoms with Crippen LogP contribution >= 0.6 is 12.2 Å². The molecule has 0 aliphatic carbocycles. The molecule has 0 radical (unpaired) electrons. The van der Waals surface area contributed by atoms with Crippen molar-refractivity contribution in [2.75, 3.05) is 26.2 Å². The summed E-state index contributed by atoms with van der Waals surface area (Å²) in [4.78, 5) is 5.19. The van der Waals surface area contributed by atoms with Gasteiger partial charge in [0.05, 0.1) is 10.5 Å². The summed E-state index contributed by atoms with van der Waals surface area (Å²) in [5.41, 5.74) is 6.60. The van der Waals surface area contributed by atoms with Crippen LogP contribution in [0.2, 0.25) is 0 Å². The maximum Gasteiger partial charge on any atom is 0.123 e. The van der Waals surface area contributed by atoms with Gasteiger partial charge in [-0.15, -0.1) is 0 Å². The first-order valence-corrected chi connectivity index (χ1v) is 7.32. The maximum atomic E-state index is 13.2. The fourth-order valence-electron chi connectivity index (χ4n) is 2.51. The topological polar surface area (TPSA) is 32.5 Å². The zero-order valence-corrected chi connectivity index (χ0v) is 12.9. The summed E-state index contributed by atoms with van der Waals surface area (Å²) < 4.78 is 13.2. The van der Waals surface area contributed by atoms with E-state index >= 15 is 0 Å². The van der Waals surface area contributed by atoms with E-state index in [0.717, 1.165) is 38.3 Å². The van der Waals surface area contributed by atoms with Crippen molar-refractivity contribution >= 4 is 17.2 Å². The van der Waals surface area contributed by atoms with Gasteiger partial charge in [0.1, 0.15) is 5.82 Å². The minimum atomic E-state index is -0.236. The summed E-state index contributed by atoms with van der Waals surface area (Å²) in [6.45, 7) is 8.68. The molecule has 2 N–H and O–H groups in total. The fourth-order valence-corrected chi connectivity index (χ4v) is 2.64. The van der Waals surface area contributed by atoms with Gasteiger partial charge in [-0.25, -0.2) is 4.39 Å². The fraction of sp³-hybridized carbons (Fsp3) is 0.533. The number of rotatable bonds is 4. The Bertz CT molecular complexity index is 482. The molecule has 0 spiro atoms. The molecule has 1 saturated heterocycles. The lowest BCUT2D eigenvalue weighted by atomic mass is 10.0. The Labute approximate surface area is 125 Å². The first-order chi connectivity index (χ1) is 9.39. The molecule has 0 unspecified atom stereocenters. The Morgan fingerprint density at radius 1 is 1.30 bits per heavy atom. The monoisotopic (exact) mass is 295 g/mol. The predicted octanol–water partition coefficient (Wildman–Crippen LogP) is 2.01. The van der Waals surface area contributed by atoms with Crippen LogP contribution in [0.3, 0.4) is 0 Å². The molecule has 5 heteroatoms. The predicted molar refractivity (Wildman–Crippen MR) is 84.1 cm³/mol. The van der Waals surface area contributed by atoms with Crippen LogP contribution in [-0.4, -0.2) is 46.5 Å². The van der Waals surface area contributed by atoms with Crippen molar-refractivity contribution in [2.24, 2.45) is 5.73 Å². The first kappa shape index (κ1) is 15.4. The van der Waals surface area contributed by atoms with Crippen LogP contribution in [0.5, 0.6) is 0 Å². The molecule has 0 atom stereocenters. The second-order valence-electron chi connectivity index (χ2n) is 5.82. The second-order valence-corrected chi connectivity index (χ2v) is 6.26. The number of nitrogens with zero attached hydrogens (tertiary/aromatic N) is 2. The van der Waals surface area contributed by atoms with E-state index in [-0.39, 0.29) is 11.4 Å². The van der Waals surface area contributed by atoms with E-state index in [1.54, 1.807) is 12.1 Å². The van der Waals surface area contributed by atoms with E-state index in [1.807, 2.05) is 6.07 Å². The second kappa shape index (κ2) is 6.16. The van der Waals surface area contributed by atoms with Crippen molar-refractivity contribution in [3.05, 3.63) is 35.6 Å². The molecule has 20 heavy (non-hydrogen) atoms. The molecule has 0 bridgehead atoms. The van der Waals surface area contributed by atoms with Crippen LogP contribution in [0, 0.1) is 5.82 Å². The first-order valence-electron chi connectivity index (χ1n) is 6.91. The normalized spacial score (nSPS) is 18.1. The highest BCUT2D eigenvalue weighted by Crippen LogP contribution is 2.18. The van der Waals surface area contributed by atoms with Gasteiger partial charge >= 0.3 is 0 Å². The number of benzene rings is 1. The molecule has 1 aliphatic heterocycles. The van der Waals surface area contributed by atoms with Gasteiger partial charge in [0.15, 0.2) is 0 Å². The lowest BCUT2D eigenvalue weighted by molar-refractivity contribution is 0.0821. The molecule has 110 valence electrons. The third kappa shape index (κ3) is 3.53. The number of hydrogen-bond donors (Lipinski definition) is 1. The molecule has 0 amide bonds. The molecule has 0 aromatic heterocycles. The highest BCUT2D eigenvalue weighted by Gasteiger charge is 2.32. The minimum Gasteiger partial charge on any atom is -0.392 e. The van der Waals surface area contributed by atoms with Crippen molar-refractivity contribution in [1.82, 2.24) is 9.80 Å². The van der Waals surface area contributed by atoms with Crippen LogP contribution in [0.15, 0.2) is 24.3 Å². The zero-order chi connectivity index (χ0) is 14.8. The quantitative estimate of drug-likeness (QED) is 0.861. The van der Waals surface area contributed by atoms with Crippen LogP contribution in [-0.2, 0) is 6.54 Å². The highest BCUT2D eigenvalue weighted by molar-refractivity contribution is 7.80. The molecular weight excluding hydrogens is 273 g/mol. The minimum absolute atomic E-state index is 0.171. The van der Waals surface area contributed by atoms with Crippen LogP contribution in [0.1, 0.15) is 19.4 Å². The summed E-state index contributed by atoms with van der Waals surface area (Å²) in [7, 11) is 0. The van der Waals surface area contributed by atoms with Crippen LogP contribution < -0.4 is 5.73 Å². The molecular formula is C15H22FN3S. The lowest BCUT2D eigenvalue weighted by Crippen LogP contribution is -2.59. The van der Waals surface area contributed by atoms with Crippen molar-refractivity contribution in [3.63, 3.8) is 0 Å². The smallest absolute Gasteiger partial charge is 0.123 e. The summed E-state index contributed by atoms with van der Waals surface area (Å²) in [6.07, 6.45) is 0. The summed E-state index contributed by atoms with van der Waals surface area (Å²) >= 11 is 5.14. The molecule has 1 aromatic rings. The number of nitrogens with two attached hydrogens (primary N) is 1. The zero-order valence-electron chi connectivity index (χ0n) is 12.1. The summed E-state index contributed by atoms with van der Waals surface area (Å²) in [6, 6.07) is 6.81. The van der Waals surface area contributed by atoms with Gasteiger partial charge in [-0.05, 0) is 31.5 Å². The van der Waals surface area contributed by atoms with Gasteiger partial charge < -0.3 is 5.73 Å². The molecule has 2 rings (SSSR count). The van der Waals surface area contributed by atoms with E-state index in [2.05, 4.69) is 23.6 Å². The Balaban J connectivity index is 1.90. The molecule has 1 aromatic carbocycles. The standard InChI is InChI=1S/C15H22FN3S/c1-15(2,14(17)20)19-8-6-18(7-9-19)11-12-4-3-5-13(16)10-12/h3-5,10H,6-9,11H2,1-2H3,(H2,17,20). The molecule has 0 saturated carbocycles. The Morgan fingerprint density at radius 3 is 2.50 bits per heavy atom. The van der Waals surface area contributed by atoms with Gasteiger partial charge in [-0.3, -0.25) is 9.80 Å². The van der Waals surface area contributed by atoms with Gasteiger partial charge in [-0.1, -0.05) is 24.4 Å². The average molecular weight is 295 g/mol. The molecule has 3 nitrogen and oxygen atoms in total. The van der Waals surface area contributed by atoms with E-state index in [4.69, 9.17) is 18.0 Å². The molecule has 1 heterocycles. The van der Waals surface area contributed by atoms with E-state index in [9.17, 15) is 4.39 Å². The maximum absolute atomic E-state index is 13.2. The largest absolute Gasteiger partial charge is 0.392 e. The molecule has 1 aliphatic rings. The van der Waals surface area contributed by atoms with E-state index in [0.29, 0.717) is 4.99 Å². The Morgan fingerprint density at radius 2 is 1.95 bits per heavy atom. The van der Waals surface area contributed by atoms with Crippen LogP contribution in [0.25, 0.3) is 0 Å². The number of piperazine rings is 1. The Kier molecular flexibility index (Phi) is 4.73. The van der Waals surface area contributed by atoms with E-state index in [1.165, 1.54) is 6.07 Å². The molecule has 1 fully saturated rings. The van der Waals surface area contributed by atoms with Crippen LogP contribution in [0.4, 0.5) is 4.39 Å². The summed E-state index contributed by atoms with van der Waals surface area (Å²) in [5.74, 6) is -0.171. The van der Waals surface area contributed by atoms with Crippen molar-refractivity contribution in [2.45, 2.75) is 25.9 Å². The number of thiocarbonyl (C=S) groups is 1.